The van der Waals surface area contributed by atoms with E-state index < -0.39 is 22.6 Å². The topological polar surface area (TPSA) is 111 Å². The molecule has 18 rings (SSSR count). The molecule has 15 heteroatoms. The van der Waals surface area contributed by atoms with Crippen molar-refractivity contribution in [2.45, 2.75) is 105 Å². The highest BCUT2D eigenvalue weighted by atomic mass is 32.2. The van der Waals surface area contributed by atoms with Crippen LogP contribution < -0.4 is 0 Å². The van der Waals surface area contributed by atoms with Crippen LogP contribution in [0.25, 0.3) is 10.8 Å². The maximum absolute atomic E-state index is 12.8. The average molecular weight is 1680 g/mol. The second kappa shape index (κ2) is 43.3. The minimum atomic E-state index is -4.31. The first-order valence-corrected chi connectivity index (χ1v) is 46.8. The number of non-ortho nitro benzene ring substituents is 1. The molecule has 0 saturated carbocycles. The summed E-state index contributed by atoms with van der Waals surface area (Å²) >= 11 is 0. The number of alkyl halides is 3. The van der Waals surface area contributed by atoms with E-state index >= 15 is 0 Å². The van der Waals surface area contributed by atoms with Gasteiger partial charge in [-0.1, -0.05) is 206 Å². The molecule has 16 aromatic rings. The van der Waals surface area contributed by atoms with Gasteiger partial charge in [-0.05, 0) is 213 Å². The lowest BCUT2D eigenvalue weighted by Crippen LogP contribution is -2.17. The van der Waals surface area contributed by atoms with Crippen molar-refractivity contribution in [2.75, 3.05) is 17.3 Å². The van der Waals surface area contributed by atoms with E-state index in [2.05, 4.69) is 224 Å². The van der Waals surface area contributed by atoms with Crippen molar-refractivity contribution in [1.29, 1.82) is 10.5 Å². The highest BCUT2D eigenvalue weighted by Gasteiger charge is 2.37. The Labute approximate surface area is 713 Å². The van der Waals surface area contributed by atoms with E-state index in [-0.39, 0.29) is 43.3 Å². The number of halogens is 3. The van der Waals surface area contributed by atoms with Crippen LogP contribution >= 0.6 is 0 Å². The lowest BCUT2D eigenvalue weighted by molar-refractivity contribution is -0.384. The van der Waals surface area contributed by atoms with E-state index in [9.17, 15) is 28.4 Å². The quantitative estimate of drug-likeness (QED) is 0.0624. The Hall–Kier alpha value is -12.2. The van der Waals surface area contributed by atoms with Gasteiger partial charge in [0.15, 0.2) is 73.4 Å². The lowest BCUT2D eigenvalue weighted by Gasteiger charge is -2.15. The van der Waals surface area contributed by atoms with Gasteiger partial charge in [-0.2, -0.15) is 23.7 Å². The predicted molar refractivity (Wildman–Crippen MR) is 487 cm³/mol. The van der Waals surface area contributed by atoms with Crippen molar-refractivity contribution in [3.05, 3.63) is 463 Å². The van der Waals surface area contributed by atoms with Gasteiger partial charge in [-0.3, -0.25) is 10.1 Å². The first kappa shape index (κ1) is 84.8. The van der Waals surface area contributed by atoms with Crippen LogP contribution in [0.5, 0.6) is 5.75 Å². The summed E-state index contributed by atoms with van der Waals surface area (Å²) in [4.78, 5) is 29.0. The third kappa shape index (κ3) is 23.2. The van der Waals surface area contributed by atoms with Crippen LogP contribution in [-0.2, 0) is 78.0 Å². The van der Waals surface area contributed by atoms with Gasteiger partial charge in [0.05, 0.1) is 88.2 Å². The highest BCUT2D eigenvalue weighted by Crippen LogP contribution is 2.40. The second-order valence-corrected chi connectivity index (χ2v) is 39.6. The van der Waals surface area contributed by atoms with Gasteiger partial charge in [0.1, 0.15) is 23.0 Å². The van der Waals surface area contributed by atoms with E-state index in [1.54, 1.807) is 34.7 Å². The molecule has 0 amide bonds. The Kier molecular flexibility index (Phi) is 30.9. The molecule has 0 aromatic heterocycles. The number of fused-ring (bicyclic) bond motifs is 2. The summed E-state index contributed by atoms with van der Waals surface area (Å²) in [7, 11) is -0.255. The van der Waals surface area contributed by atoms with Gasteiger partial charge in [-0.15, -0.1) is 0 Å². The van der Waals surface area contributed by atoms with Crippen molar-refractivity contribution in [1.82, 2.24) is 0 Å². The molecule has 16 aromatic carbocycles. The van der Waals surface area contributed by atoms with Gasteiger partial charge in [0.2, 0.25) is 0 Å². The number of nitro benzene ring substituents is 1. The Morgan fingerprint density at radius 1 is 0.328 bits per heavy atom. The molecule has 0 radical (unpaired) electrons. The molecule has 1 atom stereocenters. The zero-order valence-corrected chi connectivity index (χ0v) is 70.0. The minimum absolute atomic E-state index is 0.119. The van der Waals surface area contributed by atoms with Crippen molar-refractivity contribution in [3.63, 3.8) is 0 Å². The number of nitro groups is 1. The van der Waals surface area contributed by atoms with Crippen LogP contribution in [0, 0.1) is 32.8 Å². The van der Waals surface area contributed by atoms with Crippen LogP contribution in [0.4, 0.5) is 18.9 Å². The summed E-state index contributed by atoms with van der Waals surface area (Å²) < 4.78 is 38.3. The molecule has 119 heavy (non-hydrogen) atoms. The van der Waals surface area contributed by atoms with E-state index in [0.29, 0.717) is 38.7 Å². The van der Waals surface area contributed by atoms with Crippen molar-refractivity contribution < 1.29 is 23.2 Å². The van der Waals surface area contributed by atoms with E-state index in [1.165, 1.54) is 97.3 Å². The number of phenols is 1. The van der Waals surface area contributed by atoms with Crippen LogP contribution in [0.15, 0.2) is 504 Å². The Balaban J connectivity index is 0.000000124. The van der Waals surface area contributed by atoms with Crippen LogP contribution in [-0.4, -0.2) is 27.3 Å². The van der Waals surface area contributed by atoms with Gasteiger partial charge in [0.25, 0.3) is 5.69 Å². The summed E-state index contributed by atoms with van der Waals surface area (Å²) in [6.07, 6.45) is 1.04. The normalized spacial score (nSPS) is 12.7. The third-order valence-electron chi connectivity index (χ3n) is 19.2. The fraction of sp³-hybridized carbons (Fsp3) is 0.0769. The Morgan fingerprint density at radius 2 is 0.664 bits per heavy atom. The van der Waals surface area contributed by atoms with E-state index in [1.807, 2.05) is 182 Å². The van der Waals surface area contributed by atoms with Crippen molar-refractivity contribution in [2.24, 2.45) is 0 Å². The van der Waals surface area contributed by atoms with E-state index in [0.717, 1.165) is 37.1 Å². The predicted octanol–water partition coefficient (Wildman–Crippen LogP) is 26.8. The van der Waals surface area contributed by atoms with E-state index in [4.69, 9.17) is 10.5 Å². The molecule has 1 fully saturated rings. The summed E-state index contributed by atoms with van der Waals surface area (Å²) in [5.41, 5.74) is 2.45. The number of hydrogen-bond donors (Lipinski definition) is 1. The molecule has 2 aliphatic heterocycles. The van der Waals surface area contributed by atoms with Crippen molar-refractivity contribution >= 4 is 81.8 Å². The summed E-state index contributed by atoms with van der Waals surface area (Å²) in [6.45, 7) is 0. The number of hydrogen-bond acceptors (Lipinski definition) is 5. The minimum Gasteiger partial charge on any atom is -0.507 e. The number of nitrogens with zero attached hydrogens (tertiary/aromatic N) is 3. The molecule has 2 aliphatic rings. The van der Waals surface area contributed by atoms with Crippen LogP contribution in [0.3, 0.4) is 0 Å². The Bertz CT molecular complexity index is 5750. The molecule has 2 heterocycles. The largest absolute Gasteiger partial charge is 0.507 e. The van der Waals surface area contributed by atoms with Crippen LogP contribution in [0.2, 0.25) is 0 Å². The lowest BCUT2D eigenvalue weighted by atomic mass is 10.1. The zero-order chi connectivity index (χ0) is 82.4. The summed E-state index contributed by atoms with van der Waals surface area (Å²) in [5.74, 6) is 4.36. The SMILES string of the molecule is FC(F)(F)c1ccc([S+](c2ccccc2)c2ccccc2)cc1.N#Cc1ccc([S+](c2ccccc2)c2ccccc2)cc1.N#Cc1cccc([S+](c2ccccc2)c2ccccc2)c1.O=[N+]([O-])c1ccc([S+](c2ccccc2)c2ccccc2)cc1.Oc1ccc([S+]2CCCCC2)c2ccccc12.c1ccc([S+]2CCc3ccccc32)cc1. The molecular formula is C104H86F3N3O3S6+6. The maximum Gasteiger partial charge on any atom is 0.416 e. The fourth-order valence-electron chi connectivity index (χ4n) is 13.6. The Morgan fingerprint density at radius 3 is 1.06 bits per heavy atom. The van der Waals surface area contributed by atoms with Gasteiger partial charge in [0, 0.05) is 64.0 Å². The molecule has 1 saturated heterocycles. The number of nitriles is 2. The number of benzene rings is 16. The summed E-state index contributed by atoms with van der Waals surface area (Å²) in [6, 6.07) is 146. The number of phenolic OH excluding ortho intramolecular Hbond substituents is 1. The first-order valence-electron chi connectivity index (χ1n) is 38.9. The molecule has 586 valence electrons. The molecule has 6 nitrogen and oxygen atoms in total. The smallest absolute Gasteiger partial charge is 0.416 e. The van der Waals surface area contributed by atoms with Crippen molar-refractivity contribution in [3.8, 4) is 17.9 Å². The number of aryl methyl sites for hydroxylation is 1. The standard InChI is InChI=1S/C19H14F3S.2C19H14NS.C18H14NO2S.C15H16OS.C14H13S/c20-19(21,22)15-11-13-18(14-12-15)23(16-7-3-1-4-8-16)17-9-5-2-6-10-17;20-15-16-8-7-13-19(14-16)21(17-9-3-1-4-10-17)18-11-5-2-6-12-18;20-15-16-11-13-19(14-12-16)21(17-7-3-1-4-8-17)18-9-5-2-6-10-18;20-19(21)15-11-13-18(14-12-15)22(16-7-3-1-4-8-16)17-9-5-2-6-10-17;16-14-8-9-15(17-10-4-1-5-11-17)13-7-3-2-6-12(13)14;1-2-7-13(8-3-1)15-11-10-12-6-4-5-9-14(12)15/h1-14H;2*1-14H;1-14H;2-3,6-9H,1,4-5,10-11H2;1-9H,10-11H2/q4*+1;;+1/p+1. The molecule has 1 unspecified atom stereocenters. The molecular weight excluding hydrogens is 1590 g/mol. The molecule has 0 bridgehead atoms. The summed E-state index contributed by atoms with van der Waals surface area (Å²) in [5, 5.41) is 41.1. The van der Waals surface area contributed by atoms with Gasteiger partial charge < -0.3 is 5.11 Å². The molecule has 0 spiro atoms. The highest BCUT2D eigenvalue weighted by molar-refractivity contribution is 7.98. The average Bonchev–Trinajstić information content (AvgIpc) is 1.76. The maximum atomic E-state index is 12.8. The molecule has 0 aliphatic carbocycles. The van der Waals surface area contributed by atoms with Crippen LogP contribution in [0.1, 0.15) is 41.5 Å². The fourth-order valence-corrected chi connectivity index (χ4v) is 26.8. The van der Waals surface area contributed by atoms with Gasteiger partial charge in [-0.25, -0.2) is 0 Å². The first-order chi connectivity index (χ1) is 58.4. The monoisotopic (exact) mass is 1670 g/mol. The zero-order valence-electron chi connectivity index (χ0n) is 65.1. The van der Waals surface area contributed by atoms with Gasteiger partial charge >= 0.3 is 6.18 Å². The molecule has 1 N–H and O–H groups in total. The number of rotatable bonds is 15. The third-order valence-corrected chi connectivity index (χ3v) is 33.1. The number of aromatic hydroxyl groups is 1. The second-order valence-electron chi connectivity index (χ2n) is 27.1.